The Bertz CT molecular complexity index is 719. The Labute approximate surface area is 164 Å². The lowest BCUT2D eigenvalue weighted by Gasteiger charge is -2.45. The van der Waals surface area contributed by atoms with Crippen molar-refractivity contribution in [1.29, 1.82) is 0 Å². The maximum absolute atomic E-state index is 13.3. The summed E-state index contributed by atoms with van der Waals surface area (Å²) in [4.78, 5) is 0.353. The van der Waals surface area contributed by atoms with Crippen molar-refractivity contribution in [1.82, 2.24) is 0 Å². The van der Waals surface area contributed by atoms with Crippen LogP contribution in [-0.2, 0) is 14.3 Å². The first-order valence-corrected chi connectivity index (χ1v) is 12.0. The smallest absolute Gasteiger partial charge is 0.297 e. The van der Waals surface area contributed by atoms with Gasteiger partial charge in [-0.2, -0.15) is 8.42 Å². The summed E-state index contributed by atoms with van der Waals surface area (Å²) in [6.07, 6.45) is 9.29. The number of fused-ring (bicyclic) bond motifs is 3. The Morgan fingerprint density at radius 2 is 1.85 bits per heavy atom. The van der Waals surface area contributed by atoms with E-state index in [0.29, 0.717) is 4.90 Å². The molecule has 0 aromatic heterocycles. The van der Waals surface area contributed by atoms with Crippen LogP contribution >= 0.6 is 0 Å². The largest absolute Gasteiger partial charge is 0.396 e. The number of aliphatic hydroxyl groups excluding tert-OH is 1. The fourth-order valence-electron chi connectivity index (χ4n) is 4.91. The molecule has 0 radical (unpaired) electrons. The number of hydrogen-bond acceptors (Lipinski definition) is 4. The molecule has 3 fully saturated rings. The third-order valence-corrected chi connectivity index (χ3v) is 8.12. The van der Waals surface area contributed by atoms with E-state index in [2.05, 4.69) is 6.92 Å². The highest BCUT2D eigenvalue weighted by atomic mass is 32.2. The summed E-state index contributed by atoms with van der Waals surface area (Å²) >= 11 is 0. The number of rotatable bonds is 9. The molecule has 5 heteroatoms. The summed E-state index contributed by atoms with van der Waals surface area (Å²) < 4.78 is 32.6. The van der Waals surface area contributed by atoms with Gasteiger partial charge in [-0.25, -0.2) is 0 Å². The first-order valence-electron chi connectivity index (χ1n) is 10.6. The van der Waals surface area contributed by atoms with E-state index in [9.17, 15) is 8.42 Å². The molecular weight excluding hydrogens is 360 g/mol. The Morgan fingerprint density at radius 1 is 1.19 bits per heavy atom. The zero-order valence-corrected chi connectivity index (χ0v) is 17.6. The van der Waals surface area contributed by atoms with Crippen molar-refractivity contribution in [2.24, 2.45) is 5.92 Å². The highest BCUT2D eigenvalue weighted by molar-refractivity contribution is 7.86. The van der Waals surface area contributed by atoms with Gasteiger partial charge in [0, 0.05) is 6.61 Å². The molecule has 3 aliphatic rings. The summed E-state index contributed by atoms with van der Waals surface area (Å²) in [6.45, 7) is 4.29. The van der Waals surface area contributed by atoms with Gasteiger partial charge in [0.15, 0.2) is 0 Å². The molecule has 0 aliphatic heterocycles. The predicted molar refractivity (Wildman–Crippen MR) is 107 cm³/mol. The minimum atomic E-state index is -3.79. The number of aryl methyl sites for hydroxylation is 1. The van der Waals surface area contributed by atoms with Crippen LogP contribution in [0.1, 0.15) is 88.2 Å². The van der Waals surface area contributed by atoms with Gasteiger partial charge in [0.2, 0.25) is 0 Å². The second-order valence-corrected chi connectivity index (χ2v) is 10.1. The van der Waals surface area contributed by atoms with Gasteiger partial charge in [-0.05, 0) is 88.2 Å². The topological polar surface area (TPSA) is 63.6 Å². The van der Waals surface area contributed by atoms with E-state index in [1.54, 1.807) is 6.07 Å². The average molecular weight is 395 g/mol. The van der Waals surface area contributed by atoms with E-state index < -0.39 is 15.7 Å². The van der Waals surface area contributed by atoms with Gasteiger partial charge in [0.1, 0.15) is 0 Å². The lowest BCUT2D eigenvalue weighted by molar-refractivity contribution is -0.0273. The van der Waals surface area contributed by atoms with E-state index in [0.717, 1.165) is 81.3 Å². The fraction of sp³-hybridized carbons (Fsp3) is 0.727. The van der Waals surface area contributed by atoms with Crippen LogP contribution in [0.2, 0.25) is 0 Å². The van der Waals surface area contributed by atoms with Crippen LogP contribution in [0.4, 0.5) is 0 Å². The third-order valence-electron chi connectivity index (χ3n) is 6.64. The molecule has 0 saturated heterocycles. The van der Waals surface area contributed by atoms with Gasteiger partial charge >= 0.3 is 0 Å². The molecule has 1 N–H and O–H groups in total. The Morgan fingerprint density at radius 3 is 2.44 bits per heavy atom. The van der Waals surface area contributed by atoms with Crippen molar-refractivity contribution in [3.63, 3.8) is 0 Å². The van der Waals surface area contributed by atoms with Crippen LogP contribution in [0.15, 0.2) is 23.1 Å². The average Bonchev–Trinajstić information content (AvgIpc) is 2.65. The first-order chi connectivity index (χ1) is 12.9. The fourth-order valence-corrected chi connectivity index (χ4v) is 6.46. The van der Waals surface area contributed by atoms with Gasteiger partial charge in [-0.15, -0.1) is 0 Å². The number of unbranched alkanes of at least 4 members (excludes halogenated alkanes) is 1. The van der Waals surface area contributed by atoms with Crippen LogP contribution in [0.5, 0.6) is 0 Å². The summed E-state index contributed by atoms with van der Waals surface area (Å²) in [6, 6.07) is 5.62. The van der Waals surface area contributed by atoms with Crippen molar-refractivity contribution in [2.75, 3.05) is 6.61 Å². The van der Waals surface area contributed by atoms with E-state index in [1.165, 1.54) is 0 Å². The van der Waals surface area contributed by atoms with Crippen LogP contribution in [-0.4, -0.2) is 25.7 Å². The minimum absolute atomic E-state index is 0.171. The molecule has 1 aromatic rings. The molecule has 1 atom stereocenters. The molecule has 3 aliphatic carbocycles. The number of benzene rings is 1. The summed E-state index contributed by atoms with van der Waals surface area (Å²) in [5.74, 6) is 0.938. The van der Waals surface area contributed by atoms with Gasteiger partial charge < -0.3 is 5.11 Å². The van der Waals surface area contributed by atoms with Crippen LogP contribution in [0.3, 0.4) is 0 Å². The monoisotopic (exact) mass is 394 g/mol. The van der Waals surface area contributed by atoms with Gasteiger partial charge in [0.25, 0.3) is 10.1 Å². The maximum Gasteiger partial charge on any atom is 0.297 e. The molecule has 0 amide bonds. The number of hydrogen-bond donors (Lipinski definition) is 1. The molecular formula is C22H34O4S. The van der Waals surface area contributed by atoms with Crippen LogP contribution < -0.4 is 0 Å². The van der Waals surface area contributed by atoms with Crippen molar-refractivity contribution in [2.45, 2.75) is 94.5 Å². The van der Waals surface area contributed by atoms with E-state index in [-0.39, 0.29) is 12.5 Å². The van der Waals surface area contributed by atoms with Gasteiger partial charge in [-0.3, -0.25) is 4.18 Å². The zero-order valence-electron chi connectivity index (χ0n) is 16.7. The second kappa shape index (κ2) is 8.62. The number of aliphatic hydroxyl groups is 1. The van der Waals surface area contributed by atoms with Crippen LogP contribution in [0.25, 0.3) is 0 Å². The summed E-state index contributed by atoms with van der Waals surface area (Å²) in [7, 11) is -3.79. The quantitative estimate of drug-likeness (QED) is 0.469. The molecule has 27 heavy (non-hydrogen) atoms. The lowest BCUT2D eigenvalue weighted by atomic mass is 9.68. The minimum Gasteiger partial charge on any atom is -0.396 e. The standard InChI is InChI=1S/C22H34O4S/c1-3-19(6-4-5-15-23)20-16-17(2)7-8-21(20)27(24,25)26-22-12-9-18(10-13-22)11-14-22/h7-8,16,18-19,23H,3-6,9-15H2,1-2H3. The third kappa shape index (κ3) is 4.75. The van der Waals surface area contributed by atoms with Crippen molar-refractivity contribution in [3.05, 3.63) is 29.3 Å². The molecule has 4 nitrogen and oxygen atoms in total. The Hall–Kier alpha value is -0.910. The van der Waals surface area contributed by atoms with Crippen molar-refractivity contribution < 1.29 is 17.7 Å². The molecule has 2 bridgehead atoms. The van der Waals surface area contributed by atoms with Crippen LogP contribution in [0, 0.1) is 12.8 Å². The highest BCUT2D eigenvalue weighted by Gasteiger charge is 2.45. The maximum atomic E-state index is 13.3. The Balaban J connectivity index is 1.88. The summed E-state index contributed by atoms with van der Waals surface area (Å²) in [5.41, 5.74) is 1.48. The summed E-state index contributed by atoms with van der Waals surface area (Å²) in [5, 5.41) is 9.08. The molecule has 152 valence electrons. The molecule has 0 heterocycles. The molecule has 1 aromatic carbocycles. The normalized spacial score (nSPS) is 26.3. The first kappa shape index (κ1) is 20.8. The highest BCUT2D eigenvalue weighted by Crippen LogP contribution is 2.48. The Kier molecular flexibility index (Phi) is 6.65. The van der Waals surface area contributed by atoms with Gasteiger partial charge in [-0.1, -0.05) is 31.0 Å². The molecule has 0 spiro atoms. The van der Waals surface area contributed by atoms with E-state index in [1.807, 2.05) is 19.1 Å². The second-order valence-electron chi connectivity index (χ2n) is 8.57. The van der Waals surface area contributed by atoms with E-state index in [4.69, 9.17) is 9.29 Å². The predicted octanol–water partition coefficient (Wildman–Crippen LogP) is 5.08. The van der Waals surface area contributed by atoms with Gasteiger partial charge in [0.05, 0.1) is 10.5 Å². The van der Waals surface area contributed by atoms with E-state index >= 15 is 0 Å². The molecule has 4 rings (SSSR count). The lowest BCUT2D eigenvalue weighted by Crippen LogP contribution is -2.43. The van der Waals surface area contributed by atoms with Crippen molar-refractivity contribution >= 4 is 10.1 Å². The molecule has 3 saturated carbocycles. The zero-order chi connectivity index (χ0) is 19.5. The van der Waals surface area contributed by atoms with Crippen molar-refractivity contribution in [3.8, 4) is 0 Å². The SMILES string of the molecule is CCC(CCCCO)c1cc(C)ccc1S(=O)(=O)OC12CCC(CC1)CC2. The molecule has 1 unspecified atom stereocenters.